The maximum Gasteiger partial charge on any atom is 0.0568 e. The van der Waals surface area contributed by atoms with Gasteiger partial charge in [-0.2, -0.15) is 5.10 Å². The Bertz CT molecular complexity index is 448. The standard InChI is InChI=1S/C14H19N3/c1-12(15-2)8-9-17-11-14(10-16-17)13-6-4-3-5-7-13/h3-7,10-12,15H,8-9H2,1-2H3. The van der Waals surface area contributed by atoms with Gasteiger partial charge in [0.15, 0.2) is 0 Å². The lowest BCUT2D eigenvalue weighted by Gasteiger charge is -2.09. The molecule has 1 heterocycles. The van der Waals surface area contributed by atoms with E-state index in [1.165, 1.54) is 11.1 Å². The molecule has 0 radical (unpaired) electrons. The van der Waals surface area contributed by atoms with Crippen LogP contribution >= 0.6 is 0 Å². The van der Waals surface area contributed by atoms with Crippen LogP contribution in [0.15, 0.2) is 42.7 Å². The second-order valence-electron chi connectivity index (χ2n) is 4.34. The molecule has 2 rings (SSSR count). The molecule has 0 spiro atoms. The van der Waals surface area contributed by atoms with E-state index in [4.69, 9.17) is 0 Å². The molecule has 17 heavy (non-hydrogen) atoms. The van der Waals surface area contributed by atoms with Crippen LogP contribution in [0.1, 0.15) is 13.3 Å². The average Bonchev–Trinajstić information content (AvgIpc) is 2.86. The largest absolute Gasteiger partial charge is 0.317 e. The molecule has 90 valence electrons. The predicted octanol–water partition coefficient (Wildman–Crippen LogP) is 2.55. The van der Waals surface area contributed by atoms with E-state index in [2.05, 4.69) is 47.8 Å². The number of hydrogen-bond donors (Lipinski definition) is 1. The zero-order chi connectivity index (χ0) is 12.1. The van der Waals surface area contributed by atoms with Gasteiger partial charge in [0.25, 0.3) is 0 Å². The van der Waals surface area contributed by atoms with Crippen molar-refractivity contribution < 1.29 is 0 Å². The minimum Gasteiger partial charge on any atom is -0.317 e. The molecule has 0 aliphatic rings. The summed E-state index contributed by atoms with van der Waals surface area (Å²) in [5.74, 6) is 0. The highest BCUT2D eigenvalue weighted by Gasteiger charge is 2.02. The van der Waals surface area contributed by atoms with Gasteiger partial charge < -0.3 is 5.32 Å². The number of rotatable bonds is 5. The van der Waals surface area contributed by atoms with Crippen molar-refractivity contribution in [2.75, 3.05) is 7.05 Å². The maximum atomic E-state index is 4.39. The van der Waals surface area contributed by atoms with Crippen LogP contribution in [0.3, 0.4) is 0 Å². The second-order valence-corrected chi connectivity index (χ2v) is 4.34. The van der Waals surface area contributed by atoms with Crippen LogP contribution in [0.4, 0.5) is 0 Å². The summed E-state index contributed by atoms with van der Waals surface area (Å²) in [5.41, 5.74) is 2.41. The van der Waals surface area contributed by atoms with Crippen LogP contribution in [0.2, 0.25) is 0 Å². The average molecular weight is 229 g/mol. The Morgan fingerprint density at radius 1 is 1.24 bits per heavy atom. The van der Waals surface area contributed by atoms with Crippen molar-refractivity contribution in [2.24, 2.45) is 0 Å². The fourth-order valence-corrected chi connectivity index (χ4v) is 1.74. The molecule has 3 heteroatoms. The van der Waals surface area contributed by atoms with Crippen molar-refractivity contribution in [3.8, 4) is 11.1 Å². The minimum absolute atomic E-state index is 0.527. The van der Waals surface area contributed by atoms with Crippen molar-refractivity contribution in [3.63, 3.8) is 0 Å². The number of hydrogen-bond acceptors (Lipinski definition) is 2. The van der Waals surface area contributed by atoms with Crippen molar-refractivity contribution in [3.05, 3.63) is 42.7 Å². The smallest absolute Gasteiger partial charge is 0.0568 e. The summed E-state index contributed by atoms with van der Waals surface area (Å²) in [5, 5.41) is 7.62. The zero-order valence-corrected chi connectivity index (χ0v) is 10.4. The molecule has 0 saturated heterocycles. The van der Waals surface area contributed by atoms with Gasteiger partial charge in [0.2, 0.25) is 0 Å². The van der Waals surface area contributed by atoms with Gasteiger partial charge in [-0.25, -0.2) is 0 Å². The Morgan fingerprint density at radius 2 is 2.00 bits per heavy atom. The monoisotopic (exact) mass is 229 g/mol. The maximum absolute atomic E-state index is 4.39. The highest BCUT2D eigenvalue weighted by molar-refractivity contribution is 5.61. The summed E-state index contributed by atoms with van der Waals surface area (Å²) in [6.07, 6.45) is 5.13. The van der Waals surface area contributed by atoms with E-state index in [1.807, 2.05) is 24.0 Å². The number of nitrogens with zero attached hydrogens (tertiary/aromatic N) is 2. The first-order valence-electron chi connectivity index (χ1n) is 6.04. The van der Waals surface area contributed by atoms with Gasteiger partial charge in [-0.05, 0) is 26.0 Å². The van der Waals surface area contributed by atoms with Crippen molar-refractivity contribution in [2.45, 2.75) is 25.9 Å². The summed E-state index contributed by atoms with van der Waals surface area (Å²) in [6, 6.07) is 10.9. The first-order valence-corrected chi connectivity index (χ1v) is 6.04. The molecular weight excluding hydrogens is 210 g/mol. The number of aryl methyl sites for hydroxylation is 1. The highest BCUT2D eigenvalue weighted by Crippen LogP contribution is 2.17. The van der Waals surface area contributed by atoms with E-state index in [0.29, 0.717) is 6.04 Å². The Hall–Kier alpha value is -1.61. The van der Waals surface area contributed by atoms with Crippen LogP contribution in [-0.2, 0) is 6.54 Å². The summed E-state index contributed by atoms with van der Waals surface area (Å²) < 4.78 is 2.01. The van der Waals surface area contributed by atoms with E-state index in [9.17, 15) is 0 Å². The molecule has 1 aromatic heterocycles. The molecule has 0 saturated carbocycles. The van der Waals surface area contributed by atoms with Gasteiger partial charge in [0, 0.05) is 24.3 Å². The van der Waals surface area contributed by atoms with E-state index in [-0.39, 0.29) is 0 Å². The Kier molecular flexibility index (Phi) is 3.94. The Balaban J connectivity index is 2.01. The van der Waals surface area contributed by atoms with Gasteiger partial charge in [0.1, 0.15) is 0 Å². The summed E-state index contributed by atoms with van der Waals surface area (Å²) in [4.78, 5) is 0. The topological polar surface area (TPSA) is 29.9 Å². The predicted molar refractivity (Wildman–Crippen MR) is 70.8 cm³/mol. The van der Waals surface area contributed by atoms with E-state index in [1.54, 1.807) is 0 Å². The lowest BCUT2D eigenvalue weighted by atomic mass is 10.1. The van der Waals surface area contributed by atoms with Gasteiger partial charge in [-0.3, -0.25) is 4.68 Å². The first-order chi connectivity index (χ1) is 8.29. The van der Waals surface area contributed by atoms with Crippen molar-refractivity contribution in [1.29, 1.82) is 0 Å². The molecular formula is C14H19N3. The van der Waals surface area contributed by atoms with Gasteiger partial charge in [0.05, 0.1) is 6.20 Å². The highest BCUT2D eigenvalue weighted by atomic mass is 15.3. The normalized spacial score (nSPS) is 12.6. The van der Waals surface area contributed by atoms with Crippen LogP contribution in [0.5, 0.6) is 0 Å². The Morgan fingerprint density at radius 3 is 2.71 bits per heavy atom. The van der Waals surface area contributed by atoms with Crippen molar-refractivity contribution >= 4 is 0 Å². The van der Waals surface area contributed by atoms with Crippen LogP contribution in [0.25, 0.3) is 11.1 Å². The third-order valence-electron chi connectivity index (χ3n) is 3.02. The van der Waals surface area contributed by atoms with E-state index >= 15 is 0 Å². The fourth-order valence-electron chi connectivity index (χ4n) is 1.74. The fraction of sp³-hybridized carbons (Fsp3) is 0.357. The van der Waals surface area contributed by atoms with E-state index in [0.717, 1.165) is 13.0 Å². The van der Waals surface area contributed by atoms with Crippen molar-refractivity contribution in [1.82, 2.24) is 15.1 Å². The molecule has 0 amide bonds. The summed E-state index contributed by atoms with van der Waals surface area (Å²) in [7, 11) is 1.99. The SMILES string of the molecule is CNC(C)CCn1cc(-c2ccccc2)cn1. The summed E-state index contributed by atoms with van der Waals surface area (Å²) in [6.45, 7) is 3.14. The van der Waals surface area contributed by atoms with E-state index < -0.39 is 0 Å². The van der Waals surface area contributed by atoms with Gasteiger partial charge in [-0.15, -0.1) is 0 Å². The number of nitrogens with one attached hydrogen (secondary N) is 1. The molecule has 0 bridgehead atoms. The molecule has 0 fully saturated rings. The second kappa shape index (κ2) is 5.64. The van der Waals surface area contributed by atoms with Gasteiger partial charge >= 0.3 is 0 Å². The van der Waals surface area contributed by atoms with Crippen LogP contribution < -0.4 is 5.32 Å². The molecule has 2 aromatic rings. The molecule has 1 N–H and O–H groups in total. The molecule has 0 aliphatic carbocycles. The lowest BCUT2D eigenvalue weighted by Crippen LogP contribution is -2.22. The molecule has 1 atom stereocenters. The molecule has 0 aliphatic heterocycles. The summed E-state index contributed by atoms with van der Waals surface area (Å²) >= 11 is 0. The quantitative estimate of drug-likeness (QED) is 0.854. The zero-order valence-electron chi connectivity index (χ0n) is 10.4. The molecule has 1 aromatic carbocycles. The number of benzene rings is 1. The third kappa shape index (κ3) is 3.17. The Labute approximate surface area is 102 Å². The minimum atomic E-state index is 0.527. The lowest BCUT2D eigenvalue weighted by molar-refractivity contribution is 0.485. The van der Waals surface area contributed by atoms with Crippen LogP contribution in [-0.4, -0.2) is 22.9 Å². The first kappa shape index (κ1) is 11.9. The van der Waals surface area contributed by atoms with Crippen LogP contribution in [0, 0.1) is 0 Å². The third-order valence-corrected chi connectivity index (χ3v) is 3.02. The number of aromatic nitrogens is 2. The molecule has 3 nitrogen and oxygen atoms in total. The van der Waals surface area contributed by atoms with Gasteiger partial charge in [-0.1, -0.05) is 30.3 Å². The molecule has 1 unspecified atom stereocenters.